The van der Waals surface area contributed by atoms with Gasteiger partial charge in [-0.3, -0.25) is 4.98 Å². The summed E-state index contributed by atoms with van der Waals surface area (Å²) >= 11 is 3.59. The number of fused-ring (bicyclic) bond motifs is 1. The van der Waals surface area contributed by atoms with Crippen molar-refractivity contribution in [3.63, 3.8) is 0 Å². The highest BCUT2D eigenvalue weighted by molar-refractivity contribution is 9.10. The second kappa shape index (κ2) is 6.64. The molecule has 0 radical (unpaired) electrons. The molecule has 0 amide bonds. The maximum atomic E-state index is 11.6. The van der Waals surface area contributed by atoms with E-state index in [4.69, 9.17) is 9.47 Å². The third-order valence-electron chi connectivity index (χ3n) is 4.95. The van der Waals surface area contributed by atoms with Crippen LogP contribution in [0.4, 0.5) is 0 Å². The summed E-state index contributed by atoms with van der Waals surface area (Å²) in [5, 5.41) is 3.47. The molecule has 1 aromatic heterocycles. The van der Waals surface area contributed by atoms with E-state index in [0.717, 1.165) is 48.3 Å². The molecular weight excluding hydrogens is 348 g/mol. The van der Waals surface area contributed by atoms with Crippen molar-refractivity contribution in [2.24, 2.45) is 11.8 Å². The number of pyridine rings is 1. The summed E-state index contributed by atoms with van der Waals surface area (Å²) < 4.78 is 11.8. The molecule has 3 unspecified atom stereocenters. The summed E-state index contributed by atoms with van der Waals surface area (Å²) in [6.07, 6.45) is 6.51. The van der Waals surface area contributed by atoms with Gasteiger partial charge in [0, 0.05) is 22.4 Å². The van der Waals surface area contributed by atoms with Crippen LogP contribution < -0.4 is 5.32 Å². The van der Waals surface area contributed by atoms with Crippen LogP contribution in [-0.2, 0) is 19.9 Å². The number of rotatable bonds is 4. The maximum Gasteiger partial charge on any atom is 0.331 e. The lowest BCUT2D eigenvalue weighted by Crippen LogP contribution is -2.40. The minimum atomic E-state index is -0.441. The third-order valence-corrected chi connectivity index (χ3v) is 5.58. The Bertz CT molecular complexity index is 554. The summed E-state index contributed by atoms with van der Waals surface area (Å²) in [6, 6.07) is 1.99. The number of hydrogen-bond acceptors (Lipinski definition) is 5. The van der Waals surface area contributed by atoms with Gasteiger partial charge in [0.05, 0.1) is 12.7 Å². The van der Waals surface area contributed by atoms with E-state index in [1.54, 1.807) is 12.4 Å². The van der Waals surface area contributed by atoms with Crippen LogP contribution in [0.1, 0.15) is 24.8 Å². The Balaban J connectivity index is 1.88. The lowest BCUT2D eigenvalue weighted by molar-refractivity contribution is -0.159. The summed E-state index contributed by atoms with van der Waals surface area (Å²) in [6.45, 7) is 2.10. The molecule has 1 N–H and O–H groups in total. The number of halogens is 1. The topological polar surface area (TPSA) is 60.5 Å². The molecule has 3 rings (SSSR count). The van der Waals surface area contributed by atoms with E-state index in [1.165, 1.54) is 7.11 Å². The predicted octanol–water partition coefficient (Wildman–Crippen LogP) is 2.25. The standard InChI is InChI=1S/C16H21BrN2O3/c1-21-15(20)10-22-16(13-3-5-18-9-14(13)17)4-2-11-7-19-8-12(11)6-16/h3,5,9,11-12,19H,2,4,6-8,10H2,1H3. The number of carbonyl (C=O) groups excluding carboxylic acids is 1. The third kappa shape index (κ3) is 3.05. The van der Waals surface area contributed by atoms with Crippen LogP contribution in [0.15, 0.2) is 22.9 Å². The van der Waals surface area contributed by atoms with Gasteiger partial charge < -0.3 is 14.8 Å². The van der Waals surface area contributed by atoms with Gasteiger partial charge in [0.1, 0.15) is 6.61 Å². The zero-order valence-electron chi connectivity index (χ0n) is 12.7. The molecule has 0 bridgehead atoms. The van der Waals surface area contributed by atoms with Gasteiger partial charge in [-0.25, -0.2) is 4.79 Å². The molecular formula is C16H21BrN2O3. The first-order valence-corrected chi connectivity index (χ1v) is 8.45. The van der Waals surface area contributed by atoms with Gasteiger partial charge in [0.25, 0.3) is 0 Å². The summed E-state index contributed by atoms with van der Waals surface area (Å²) in [5.41, 5.74) is 0.639. The highest BCUT2D eigenvalue weighted by atomic mass is 79.9. The monoisotopic (exact) mass is 368 g/mol. The highest BCUT2D eigenvalue weighted by Gasteiger charge is 2.45. The van der Waals surface area contributed by atoms with Gasteiger partial charge in [-0.15, -0.1) is 0 Å². The van der Waals surface area contributed by atoms with Crippen LogP contribution in [0.25, 0.3) is 0 Å². The van der Waals surface area contributed by atoms with Crippen molar-refractivity contribution >= 4 is 21.9 Å². The number of carbonyl (C=O) groups is 1. The number of esters is 1. The number of methoxy groups -OCH3 is 1. The zero-order chi connectivity index (χ0) is 15.6. The number of ether oxygens (including phenoxy) is 2. The first kappa shape index (κ1) is 15.9. The molecule has 2 aliphatic rings. The Labute approximate surface area is 138 Å². The van der Waals surface area contributed by atoms with Gasteiger partial charge >= 0.3 is 5.97 Å². The van der Waals surface area contributed by atoms with E-state index >= 15 is 0 Å². The Morgan fingerprint density at radius 2 is 2.32 bits per heavy atom. The van der Waals surface area contributed by atoms with Crippen molar-refractivity contribution in [1.29, 1.82) is 0 Å². The Kier molecular flexibility index (Phi) is 4.80. The van der Waals surface area contributed by atoms with Gasteiger partial charge in [-0.05, 0) is 66.2 Å². The molecule has 1 aliphatic heterocycles. The van der Waals surface area contributed by atoms with Gasteiger partial charge in [-0.1, -0.05) is 0 Å². The highest BCUT2D eigenvalue weighted by Crippen LogP contribution is 2.48. The molecule has 1 saturated carbocycles. The summed E-state index contributed by atoms with van der Waals surface area (Å²) in [5.74, 6) is 0.971. The van der Waals surface area contributed by atoms with E-state index in [9.17, 15) is 4.79 Å². The Morgan fingerprint density at radius 1 is 1.50 bits per heavy atom. The fraction of sp³-hybridized carbons (Fsp3) is 0.625. The number of nitrogens with one attached hydrogen (secondary N) is 1. The second-order valence-corrected chi connectivity index (χ2v) is 6.99. The molecule has 1 aromatic rings. The number of hydrogen-bond donors (Lipinski definition) is 1. The van der Waals surface area contributed by atoms with Gasteiger partial charge in [0.15, 0.2) is 0 Å². The molecule has 1 saturated heterocycles. The van der Waals surface area contributed by atoms with Crippen LogP contribution in [0, 0.1) is 11.8 Å². The Morgan fingerprint density at radius 3 is 3.09 bits per heavy atom. The fourth-order valence-electron chi connectivity index (χ4n) is 3.76. The molecule has 22 heavy (non-hydrogen) atoms. The van der Waals surface area contributed by atoms with Crippen LogP contribution in [0.2, 0.25) is 0 Å². The molecule has 120 valence electrons. The predicted molar refractivity (Wildman–Crippen MR) is 85.3 cm³/mol. The zero-order valence-corrected chi connectivity index (χ0v) is 14.3. The molecule has 0 aromatic carbocycles. The molecule has 0 spiro atoms. The number of nitrogens with zero attached hydrogens (tertiary/aromatic N) is 1. The lowest BCUT2D eigenvalue weighted by Gasteiger charge is -2.42. The van der Waals surface area contributed by atoms with Crippen molar-refractivity contribution in [3.8, 4) is 0 Å². The smallest absolute Gasteiger partial charge is 0.331 e. The van der Waals surface area contributed by atoms with Crippen molar-refractivity contribution in [3.05, 3.63) is 28.5 Å². The van der Waals surface area contributed by atoms with Crippen molar-refractivity contribution in [2.75, 3.05) is 26.8 Å². The van der Waals surface area contributed by atoms with Crippen LogP contribution >= 0.6 is 15.9 Å². The SMILES string of the molecule is COC(=O)COC1(c2ccncc2Br)CCC2CNCC2C1. The molecule has 1 aliphatic carbocycles. The molecule has 6 heteroatoms. The fourth-order valence-corrected chi connectivity index (χ4v) is 4.37. The van der Waals surface area contributed by atoms with Crippen molar-refractivity contribution < 1.29 is 14.3 Å². The molecule has 2 heterocycles. The quantitative estimate of drug-likeness (QED) is 0.825. The van der Waals surface area contributed by atoms with Crippen LogP contribution in [0.5, 0.6) is 0 Å². The minimum absolute atomic E-state index is 0.0178. The van der Waals surface area contributed by atoms with E-state index in [-0.39, 0.29) is 12.6 Å². The van der Waals surface area contributed by atoms with Gasteiger partial charge in [-0.2, -0.15) is 0 Å². The second-order valence-electron chi connectivity index (χ2n) is 6.14. The average molecular weight is 369 g/mol. The van der Waals surface area contributed by atoms with Crippen LogP contribution in [-0.4, -0.2) is 37.8 Å². The Hall–Kier alpha value is -0.980. The maximum absolute atomic E-state index is 11.6. The van der Waals surface area contributed by atoms with Crippen LogP contribution in [0.3, 0.4) is 0 Å². The average Bonchev–Trinajstić information content (AvgIpc) is 3.00. The van der Waals surface area contributed by atoms with Crippen molar-refractivity contribution in [2.45, 2.75) is 24.9 Å². The lowest BCUT2D eigenvalue weighted by atomic mass is 9.70. The molecule has 2 fully saturated rings. The van der Waals surface area contributed by atoms with E-state index in [0.29, 0.717) is 5.92 Å². The summed E-state index contributed by atoms with van der Waals surface area (Å²) in [4.78, 5) is 15.7. The minimum Gasteiger partial charge on any atom is -0.467 e. The largest absolute Gasteiger partial charge is 0.467 e. The van der Waals surface area contributed by atoms with E-state index in [2.05, 4.69) is 26.2 Å². The summed E-state index contributed by atoms with van der Waals surface area (Å²) in [7, 11) is 1.39. The van der Waals surface area contributed by atoms with E-state index < -0.39 is 5.60 Å². The molecule has 3 atom stereocenters. The van der Waals surface area contributed by atoms with Gasteiger partial charge in [0.2, 0.25) is 0 Å². The number of aromatic nitrogens is 1. The first-order chi connectivity index (χ1) is 10.6. The first-order valence-electron chi connectivity index (χ1n) is 7.66. The normalized spacial score (nSPS) is 30.8. The molecule has 5 nitrogen and oxygen atoms in total. The van der Waals surface area contributed by atoms with E-state index in [1.807, 2.05) is 6.07 Å². The van der Waals surface area contributed by atoms with Crippen molar-refractivity contribution in [1.82, 2.24) is 10.3 Å².